The lowest BCUT2D eigenvalue weighted by molar-refractivity contribution is -0.0132. The number of aliphatic hydroxyl groups is 1. The Bertz CT molecular complexity index is 142. The van der Waals surface area contributed by atoms with Crippen LogP contribution in [0.3, 0.4) is 0 Å². The fourth-order valence-corrected chi connectivity index (χ4v) is 2.05. The average molecular weight is 208 g/mol. The van der Waals surface area contributed by atoms with Crippen molar-refractivity contribution >= 4 is 12.4 Å². The number of rotatable bonds is 2. The second kappa shape index (κ2) is 5.18. The van der Waals surface area contributed by atoms with Gasteiger partial charge >= 0.3 is 0 Å². The lowest BCUT2D eigenvalue weighted by Crippen LogP contribution is -2.43. The molecule has 3 heteroatoms. The zero-order valence-corrected chi connectivity index (χ0v) is 9.44. The first-order chi connectivity index (χ1) is 5.56. The van der Waals surface area contributed by atoms with Crippen molar-refractivity contribution in [2.24, 2.45) is 17.6 Å². The largest absolute Gasteiger partial charge is 0.389 e. The Kier molecular flexibility index (Phi) is 5.26. The fourth-order valence-electron chi connectivity index (χ4n) is 2.05. The molecule has 1 aliphatic carbocycles. The molecule has 1 aliphatic rings. The van der Waals surface area contributed by atoms with E-state index in [4.69, 9.17) is 5.73 Å². The molecule has 3 N–H and O–H groups in total. The molecule has 80 valence electrons. The van der Waals surface area contributed by atoms with E-state index in [2.05, 4.69) is 6.92 Å². The van der Waals surface area contributed by atoms with Crippen molar-refractivity contribution in [2.45, 2.75) is 45.1 Å². The minimum absolute atomic E-state index is 0. The van der Waals surface area contributed by atoms with Gasteiger partial charge in [0.1, 0.15) is 0 Å². The lowest BCUT2D eigenvalue weighted by Gasteiger charge is -2.36. The van der Waals surface area contributed by atoms with Gasteiger partial charge in [-0.15, -0.1) is 12.4 Å². The molecule has 0 bridgehead atoms. The molecule has 0 heterocycles. The van der Waals surface area contributed by atoms with Crippen LogP contribution in [-0.2, 0) is 0 Å². The Balaban J connectivity index is 0.00000144. The minimum atomic E-state index is -0.625. The van der Waals surface area contributed by atoms with Crippen molar-refractivity contribution in [1.29, 1.82) is 0 Å². The highest BCUT2D eigenvalue weighted by Crippen LogP contribution is 2.34. The van der Waals surface area contributed by atoms with Crippen LogP contribution in [0.15, 0.2) is 0 Å². The molecule has 2 nitrogen and oxygen atoms in total. The first-order valence-corrected chi connectivity index (χ1v) is 4.98. The van der Waals surface area contributed by atoms with Crippen molar-refractivity contribution in [2.75, 3.05) is 6.54 Å². The van der Waals surface area contributed by atoms with Gasteiger partial charge in [-0.25, -0.2) is 0 Å². The summed E-state index contributed by atoms with van der Waals surface area (Å²) in [5.41, 5.74) is 4.90. The van der Waals surface area contributed by atoms with E-state index in [0.29, 0.717) is 12.5 Å². The molecule has 0 aromatic rings. The van der Waals surface area contributed by atoms with Crippen LogP contribution in [0, 0.1) is 11.8 Å². The molecule has 0 aliphatic heterocycles. The van der Waals surface area contributed by atoms with Gasteiger partial charge in [-0.3, -0.25) is 0 Å². The van der Waals surface area contributed by atoms with Crippen LogP contribution >= 0.6 is 12.4 Å². The maximum Gasteiger partial charge on any atom is 0.0769 e. The number of halogens is 1. The fraction of sp³-hybridized carbons (Fsp3) is 1.00. The van der Waals surface area contributed by atoms with E-state index in [1.807, 2.05) is 6.92 Å². The Labute approximate surface area is 87.3 Å². The van der Waals surface area contributed by atoms with Crippen molar-refractivity contribution in [3.05, 3.63) is 0 Å². The molecule has 0 spiro atoms. The molecular weight excluding hydrogens is 186 g/mol. The van der Waals surface area contributed by atoms with Crippen LogP contribution in [-0.4, -0.2) is 17.3 Å². The topological polar surface area (TPSA) is 46.2 Å². The van der Waals surface area contributed by atoms with Crippen LogP contribution in [0.4, 0.5) is 0 Å². The van der Waals surface area contributed by atoms with Gasteiger partial charge in [0.15, 0.2) is 0 Å². The molecule has 13 heavy (non-hydrogen) atoms. The van der Waals surface area contributed by atoms with Crippen molar-refractivity contribution in [3.8, 4) is 0 Å². The second-order valence-electron chi connectivity index (χ2n) is 4.52. The summed E-state index contributed by atoms with van der Waals surface area (Å²) in [6.45, 7) is 4.55. The molecule has 0 aromatic heterocycles. The van der Waals surface area contributed by atoms with E-state index < -0.39 is 5.60 Å². The maximum atomic E-state index is 9.91. The Morgan fingerprint density at radius 2 is 1.77 bits per heavy atom. The molecular formula is C10H22ClNO. The summed E-state index contributed by atoms with van der Waals surface area (Å²) in [5.74, 6) is 1.27. The summed E-state index contributed by atoms with van der Waals surface area (Å²) >= 11 is 0. The number of nitrogens with two attached hydrogens (primary N) is 1. The molecule has 1 rings (SSSR count). The molecule has 0 saturated heterocycles. The third kappa shape index (κ3) is 3.45. The first kappa shape index (κ1) is 13.2. The standard InChI is InChI=1S/C10H21NO.ClH/c1-8-3-5-9(6-4-8)10(2,12)7-11;/h8-9,12H,3-7,11H2,1-2H3;1H. The highest BCUT2D eigenvalue weighted by Gasteiger charge is 2.32. The zero-order chi connectivity index (χ0) is 9.19. The van der Waals surface area contributed by atoms with E-state index in [1.54, 1.807) is 0 Å². The highest BCUT2D eigenvalue weighted by molar-refractivity contribution is 5.85. The molecule has 1 fully saturated rings. The summed E-state index contributed by atoms with van der Waals surface area (Å²) in [6, 6.07) is 0. The van der Waals surface area contributed by atoms with Crippen molar-refractivity contribution < 1.29 is 5.11 Å². The van der Waals surface area contributed by atoms with Crippen LogP contribution in [0.2, 0.25) is 0 Å². The highest BCUT2D eigenvalue weighted by atomic mass is 35.5. The Morgan fingerprint density at radius 3 is 2.15 bits per heavy atom. The molecule has 1 saturated carbocycles. The summed E-state index contributed by atoms with van der Waals surface area (Å²) in [4.78, 5) is 0. The maximum absolute atomic E-state index is 9.91. The van der Waals surface area contributed by atoms with E-state index in [0.717, 1.165) is 18.8 Å². The van der Waals surface area contributed by atoms with Crippen LogP contribution in [0.5, 0.6) is 0 Å². The molecule has 1 atom stereocenters. The molecule has 0 radical (unpaired) electrons. The SMILES string of the molecule is CC1CCC(C(C)(O)CN)CC1.Cl. The quantitative estimate of drug-likeness (QED) is 0.727. The Morgan fingerprint density at radius 1 is 1.31 bits per heavy atom. The van der Waals surface area contributed by atoms with E-state index in [-0.39, 0.29) is 12.4 Å². The summed E-state index contributed by atoms with van der Waals surface area (Å²) < 4.78 is 0. The number of hydrogen-bond acceptors (Lipinski definition) is 2. The van der Waals surface area contributed by atoms with Gasteiger partial charge in [-0.1, -0.05) is 19.8 Å². The van der Waals surface area contributed by atoms with E-state index >= 15 is 0 Å². The molecule has 0 amide bonds. The third-order valence-corrected chi connectivity index (χ3v) is 3.31. The summed E-state index contributed by atoms with van der Waals surface area (Å²) in [5, 5.41) is 9.91. The summed E-state index contributed by atoms with van der Waals surface area (Å²) in [6.07, 6.45) is 4.79. The number of hydrogen-bond donors (Lipinski definition) is 2. The minimum Gasteiger partial charge on any atom is -0.389 e. The van der Waals surface area contributed by atoms with Gasteiger partial charge in [0, 0.05) is 6.54 Å². The molecule has 0 aromatic carbocycles. The van der Waals surface area contributed by atoms with E-state index in [9.17, 15) is 5.11 Å². The Hall–Kier alpha value is 0.210. The van der Waals surface area contributed by atoms with E-state index in [1.165, 1.54) is 12.8 Å². The third-order valence-electron chi connectivity index (χ3n) is 3.31. The molecule has 1 unspecified atom stereocenters. The smallest absolute Gasteiger partial charge is 0.0769 e. The monoisotopic (exact) mass is 207 g/mol. The van der Waals surface area contributed by atoms with Gasteiger partial charge in [0.25, 0.3) is 0 Å². The normalized spacial score (nSPS) is 33.2. The van der Waals surface area contributed by atoms with Crippen LogP contribution in [0.1, 0.15) is 39.5 Å². The van der Waals surface area contributed by atoms with Gasteiger partial charge in [-0.05, 0) is 31.6 Å². The van der Waals surface area contributed by atoms with Crippen molar-refractivity contribution in [3.63, 3.8) is 0 Å². The van der Waals surface area contributed by atoms with Crippen molar-refractivity contribution in [1.82, 2.24) is 0 Å². The average Bonchev–Trinajstić information content (AvgIpc) is 2.05. The predicted molar refractivity (Wildman–Crippen MR) is 58.0 cm³/mol. The van der Waals surface area contributed by atoms with Gasteiger partial charge < -0.3 is 10.8 Å². The summed E-state index contributed by atoms with van der Waals surface area (Å²) in [7, 11) is 0. The van der Waals surface area contributed by atoms with Gasteiger partial charge in [-0.2, -0.15) is 0 Å². The van der Waals surface area contributed by atoms with Crippen LogP contribution in [0.25, 0.3) is 0 Å². The predicted octanol–water partition coefficient (Wildman–Crippen LogP) is 1.94. The van der Waals surface area contributed by atoms with Gasteiger partial charge in [0.2, 0.25) is 0 Å². The zero-order valence-electron chi connectivity index (χ0n) is 8.62. The van der Waals surface area contributed by atoms with Gasteiger partial charge in [0.05, 0.1) is 5.60 Å². The first-order valence-electron chi connectivity index (χ1n) is 4.98. The van der Waals surface area contributed by atoms with Crippen LogP contribution < -0.4 is 5.73 Å². The lowest BCUT2D eigenvalue weighted by atomic mass is 9.75. The second-order valence-corrected chi connectivity index (χ2v) is 4.52.